The zero-order valence-electron chi connectivity index (χ0n) is 14.4. The maximum atomic E-state index is 12.0. The van der Waals surface area contributed by atoms with Crippen LogP contribution in [0.15, 0.2) is 24.3 Å². The third-order valence-electron chi connectivity index (χ3n) is 4.25. The summed E-state index contributed by atoms with van der Waals surface area (Å²) in [5.74, 6) is 0.270. The number of benzene rings is 1. The Kier molecular flexibility index (Phi) is 7.53. The summed E-state index contributed by atoms with van der Waals surface area (Å²) in [4.78, 5) is 11.9. The van der Waals surface area contributed by atoms with Gasteiger partial charge in [-0.3, -0.25) is 4.79 Å². The van der Waals surface area contributed by atoms with Gasteiger partial charge in [-0.05, 0) is 37.1 Å². The molecule has 2 rings (SSSR count). The minimum absolute atomic E-state index is 0.0472. The number of nitrogens with zero attached hydrogens (tertiary/aromatic N) is 1. The number of carbonyl (C=O) groups is 1. The molecule has 1 aromatic carbocycles. The van der Waals surface area contributed by atoms with Crippen molar-refractivity contribution in [3.8, 4) is 5.75 Å². The first kappa shape index (κ1) is 20.0. The largest absolute Gasteiger partial charge is 0.484 e. The molecule has 0 saturated heterocycles. The molecule has 0 heterocycles. The zero-order chi connectivity index (χ0) is 18.3. The standard InChI is InChI=1S/C17H25ClN2O4S/c1-25(22,23)20(15-5-3-2-4-6-15)12-11-19-17(21)13-24-16-9-7-14(18)8-10-16/h7-10,15H,2-6,11-13H2,1H3,(H,19,21). The molecule has 1 amide bonds. The highest BCUT2D eigenvalue weighted by Gasteiger charge is 2.27. The number of halogens is 1. The van der Waals surface area contributed by atoms with Gasteiger partial charge in [0.2, 0.25) is 10.0 Å². The molecule has 25 heavy (non-hydrogen) atoms. The van der Waals surface area contributed by atoms with Crippen LogP contribution in [-0.2, 0) is 14.8 Å². The Balaban J connectivity index is 1.76. The lowest BCUT2D eigenvalue weighted by atomic mass is 9.95. The fourth-order valence-electron chi connectivity index (χ4n) is 3.02. The maximum absolute atomic E-state index is 12.0. The summed E-state index contributed by atoms with van der Waals surface area (Å²) >= 11 is 5.78. The molecule has 6 nitrogen and oxygen atoms in total. The van der Waals surface area contributed by atoms with Crippen molar-refractivity contribution in [3.63, 3.8) is 0 Å². The molecule has 8 heteroatoms. The Morgan fingerprint density at radius 2 is 1.88 bits per heavy atom. The van der Waals surface area contributed by atoms with Crippen molar-refractivity contribution in [1.29, 1.82) is 0 Å². The number of amides is 1. The summed E-state index contributed by atoms with van der Waals surface area (Å²) < 4.78 is 30.9. The SMILES string of the molecule is CS(=O)(=O)N(CCNC(=O)COc1ccc(Cl)cc1)C1CCCCC1. The molecule has 1 aliphatic rings. The number of carbonyl (C=O) groups excluding carboxylic acids is 1. The molecule has 0 unspecified atom stereocenters. The number of hydrogen-bond acceptors (Lipinski definition) is 4. The fraction of sp³-hybridized carbons (Fsp3) is 0.588. The molecular weight excluding hydrogens is 364 g/mol. The molecule has 0 radical (unpaired) electrons. The monoisotopic (exact) mass is 388 g/mol. The van der Waals surface area contributed by atoms with Gasteiger partial charge in [0.05, 0.1) is 6.26 Å². The molecule has 0 aromatic heterocycles. The van der Waals surface area contributed by atoms with Gasteiger partial charge in [0.25, 0.3) is 5.91 Å². The average Bonchev–Trinajstić information content (AvgIpc) is 2.58. The van der Waals surface area contributed by atoms with E-state index in [0.717, 1.165) is 32.1 Å². The number of nitrogens with one attached hydrogen (secondary N) is 1. The summed E-state index contributed by atoms with van der Waals surface area (Å²) in [7, 11) is -3.28. The van der Waals surface area contributed by atoms with Crippen LogP contribution in [0.2, 0.25) is 5.02 Å². The zero-order valence-corrected chi connectivity index (χ0v) is 16.0. The number of hydrogen-bond donors (Lipinski definition) is 1. The highest BCUT2D eigenvalue weighted by molar-refractivity contribution is 7.88. The highest BCUT2D eigenvalue weighted by atomic mass is 35.5. The van der Waals surface area contributed by atoms with Crippen LogP contribution in [0.1, 0.15) is 32.1 Å². The van der Waals surface area contributed by atoms with Gasteiger partial charge in [-0.2, -0.15) is 4.31 Å². The fourth-order valence-corrected chi connectivity index (χ4v) is 4.33. The highest BCUT2D eigenvalue weighted by Crippen LogP contribution is 2.24. The van der Waals surface area contributed by atoms with E-state index >= 15 is 0 Å². The molecular formula is C17H25ClN2O4S. The summed E-state index contributed by atoms with van der Waals surface area (Å²) in [6.07, 6.45) is 6.28. The van der Waals surface area contributed by atoms with Crippen LogP contribution < -0.4 is 10.1 Å². The van der Waals surface area contributed by atoms with Gasteiger partial charge in [0, 0.05) is 24.2 Å². The topological polar surface area (TPSA) is 75.7 Å². The van der Waals surface area contributed by atoms with Crippen molar-refractivity contribution < 1.29 is 17.9 Å². The van der Waals surface area contributed by atoms with Crippen molar-refractivity contribution in [1.82, 2.24) is 9.62 Å². The van der Waals surface area contributed by atoms with Crippen molar-refractivity contribution in [2.45, 2.75) is 38.1 Å². The number of sulfonamides is 1. The Morgan fingerprint density at radius 1 is 1.24 bits per heavy atom. The molecule has 140 valence electrons. The summed E-state index contributed by atoms with van der Waals surface area (Å²) in [6.45, 7) is 0.437. The van der Waals surface area contributed by atoms with Crippen LogP contribution in [0.3, 0.4) is 0 Å². The van der Waals surface area contributed by atoms with Crippen molar-refractivity contribution in [2.24, 2.45) is 0 Å². The van der Waals surface area contributed by atoms with Crippen LogP contribution in [-0.4, -0.2) is 50.6 Å². The first-order valence-corrected chi connectivity index (χ1v) is 10.7. The Labute approximate surface area is 154 Å². The molecule has 1 saturated carbocycles. The Hall–Kier alpha value is -1.31. The van der Waals surface area contributed by atoms with Crippen LogP contribution >= 0.6 is 11.6 Å². The van der Waals surface area contributed by atoms with Crippen LogP contribution in [0.5, 0.6) is 5.75 Å². The molecule has 1 fully saturated rings. The van der Waals surface area contributed by atoms with Gasteiger partial charge < -0.3 is 10.1 Å². The normalized spacial score (nSPS) is 16.0. The van der Waals surface area contributed by atoms with E-state index in [1.807, 2.05) is 0 Å². The van der Waals surface area contributed by atoms with Crippen molar-refractivity contribution >= 4 is 27.5 Å². The van der Waals surface area contributed by atoms with E-state index < -0.39 is 10.0 Å². The first-order valence-electron chi connectivity index (χ1n) is 8.48. The Bertz CT molecular complexity index is 658. The van der Waals surface area contributed by atoms with Gasteiger partial charge in [0.15, 0.2) is 6.61 Å². The van der Waals surface area contributed by atoms with E-state index in [4.69, 9.17) is 16.3 Å². The minimum Gasteiger partial charge on any atom is -0.484 e. The second kappa shape index (κ2) is 9.40. The van der Waals surface area contributed by atoms with E-state index in [0.29, 0.717) is 10.8 Å². The third-order valence-corrected chi connectivity index (χ3v) is 5.83. The van der Waals surface area contributed by atoms with Gasteiger partial charge in [-0.25, -0.2) is 8.42 Å². The second-order valence-electron chi connectivity index (χ2n) is 6.26. The average molecular weight is 389 g/mol. The maximum Gasteiger partial charge on any atom is 0.257 e. The second-order valence-corrected chi connectivity index (χ2v) is 8.63. The quantitative estimate of drug-likeness (QED) is 0.742. The van der Waals surface area contributed by atoms with E-state index in [-0.39, 0.29) is 31.6 Å². The van der Waals surface area contributed by atoms with Gasteiger partial charge in [-0.1, -0.05) is 30.9 Å². The van der Waals surface area contributed by atoms with Gasteiger partial charge >= 0.3 is 0 Å². The lowest BCUT2D eigenvalue weighted by molar-refractivity contribution is -0.123. The molecule has 1 aliphatic carbocycles. The van der Waals surface area contributed by atoms with E-state index in [1.54, 1.807) is 24.3 Å². The van der Waals surface area contributed by atoms with Crippen molar-refractivity contribution in [2.75, 3.05) is 26.0 Å². The Morgan fingerprint density at radius 3 is 2.48 bits per heavy atom. The molecule has 0 bridgehead atoms. The minimum atomic E-state index is -3.28. The molecule has 1 aromatic rings. The van der Waals surface area contributed by atoms with Gasteiger partial charge in [-0.15, -0.1) is 0 Å². The lowest BCUT2D eigenvalue weighted by Gasteiger charge is -2.32. The van der Waals surface area contributed by atoms with E-state index in [1.165, 1.54) is 10.6 Å². The summed E-state index contributed by atoms with van der Waals surface area (Å²) in [5, 5.41) is 3.31. The van der Waals surface area contributed by atoms with Crippen LogP contribution in [0, 0.1) is 0 Å². The van der Waals surface area contributed by atoms with Crippen LogP contribution in [0.25, 0.3) is 0 Å². The van der Waals surface area contributed by atoms with Gasteiger partial charge in [0.1, 0.15) is 5.75 Å². The lowest BCUT2D eigenvalue weighted by Crippen LogP contribution is -2.45. The third kappa shape index (κ3) is 6.84. The molecule has 1 N–H and O–H groups in total. The van der Waals surface area contributed by atoms with E-state index in [2.05, 4.69) is 5.32 Å². The molecule has 0 atom stereocenters. The van der Waals surface area contributed by atoms with Crippen molar-refractivity contribution in [3.05, 3.63) is 29.3 Å². The first-order chi connectivity index (χ1) is 11.9. The molecule has 0 aliphatic heterocycles. The summed E-state index contributed by atoms with van der Waals surface area (Å²) in [6, 6.07) is 6.78. The number of rotatable bonds is 8. The van der Waals surface area contributed by atoms with E-state index in [9.17, 15) is 13.2 Å². The molecule has 0 spiro atoms. The smallest absolute Gasteiger partial charge is 0.257 e. The summed E-state index contributed by atoms with van der Waals surface area (Å²) in [5.41, 5.74) is 0. The van der Waals surface area contributed by atoms with Crippen LogP contribution in [0.4, 0.5) is 0 Å². The predicted molar refractivity (Wildman–Crippen MR) is 98.4 cm³/mol. The number of ether oxygens (including phenoxy) is 1. The predicted octanol–water partition coefficient (Wildman–Crippen LogP) is 2.43.